The highest BCUT2D eigenvalue weighted by molar-refractivity contribution is 6.27. The van der Waals surface area contributed by atoms with Crippen molar-refractivity contribution in [2.24, 2.45) is 0 Å². The van der Waals surface area contributed by atoms with Crippen LogP contribution in [0.25, 0.3) is 0 Å². The number of aromatic hydroxyl groups is 1. The van der Waals surface area contributed by atoms with Gasteiger partial charge in [-0.05, 0) is 25.3 Å². The highest BCUT2D eigenvalue weighted by atomic mass is 16.5. The second-order valence-corrected chi connectivity index (χ2v) is 5.23. The number of ether oxygens (including phenoxy) is 1. The second-order valence-electron chi connectivity index (χ2n) is 5.23. The van der Waals surface area contributed by atoms with Crippen LogP contribution in [0.1, 0.15) is 53.3 Å². The van der Waals surface area contributed by atoms with Gasteiger partial charge in [0, 0.05) is 11.1 Å². The van der Waals surface area contributed by atoms with Gasteiger partial charge in [-0.25, -0.2) is 0 Å². The Bertz CT molecular complexity index is 627. The molecule has 0 bridgehead atoms. The fraction of sp³-hybridized carbons (Fsp3) is 0.375. The minimum atomic E-state index is -0.367. The Morgan fingerprint density at radius 1 is 1.30 bits per heavy atom. The molecule has 1 unspecified atom stereocenters. The van der Waals surface area contributed by atoms with Crippen molar-refractivity contribution in [2.45, 2.75) is 38.7 Å². The number of phenols is 1. The van der Waals surface area contributed by atoms with Gasteiger partial charge < -0.3 is 9.84 Å². The summed E-state index contributed by atoms with van der Waals surface area (Å²) in [5.41, 5.74) is 0.820. The molecule has 4 heteroatoms. The molecule has 1 atom stereocenters. The van der Waals surface area contributed by atoms with Crippen molar-refractivity contribution in [1.29, 1.82) is 0 Å². The zero-order valence-electron chi connectivity index (χ0n) is 11.3. The predicted octanol–water partition coefficient (Wildman–Crippen LogP) is 3.00. The number of hydrogen-bond donors (Lipinski definition) is 1. The highest BCUT2D eigenvalue weighted by Crippen LogP contribution is 2.38. The van der Waals surface area contributed by atoms with Crippen LogP contribution in [0.3, 0.4) is 0 Å². The number of fused-ring (bicyclic) bond motifs is 1. The van der Waals surface area contributed by atoms with Crippen molar-refractivity contribution in [3.05, 3.63) is 40.7 Å². The van der Waals surface area contributed by atoms with E-state index in [0.717, 1.165) is 19.3 Å². The topological polar surface area (TPSA) is 63.6 Å². The summed E-state index contributed by atoms with van der Waals surface area (Å²) in [4.78, 5) is 24.9. The third-order valence-corrected chi connectivity index (χ3v) is 3.88. The molecule has 0 saturated heterocycles. The van der Waals surface area contributed by atoms with Gasteiger partial charge in [-0.15, -0.1) is 0 Å². The zero-order chi connectivity index (χ0) is 14.3. The van der Waals surface area contributed by atoms with Crippen LogP contribution in [0.4, 0.5) is 0 Å². The summed E-state index contributed by atoms with van der Waals surface area (Å²) in [6.07, 6.45) is 3.16. The molecule has 1 aliphatic carbocycles. The van der Waals surface area contributed by atoms with Crippen LogP contribution in [0.2, 0.25) is 0 Å². The Labute approximate surface area is 117 Å². The van der Waals surface area contributed by atoms with Crippen molar-refractivity contribution >= 4 is 11.6 Å². The molecule has 1 heterocycles. The fourth-order valence-electron chi connectivity index (χ4n) is 2.89. The number of Topliss-reactive ketones (excluding diaryl/α,β-unsaturated/α-hetero) is 2. The van der Waals surface area contributed by atoms with E-state index in [1.54, 1.807) is 12.1 Å². The molecule has 1 N–H and O–H groups in total. The number of ketones is 2. The smallest absolute Gasteiger partial charge is 0.232 e. The summed E-state index contributed by atoms with van der Waals surface area (Å²) in [5, 5.41) is 9.85. The molecule has 3 rings (SSSR count). The van der Waals surface area contributed by atoms with Crippen LogP contribution >= 0.6 is 0 Å². The molecule has 0 saturated carbocycles. The lowest BCUT2D eigenvalue weighted by Crippen LogP contribution is -2.30. The van der Waals surface area contributed by atoms with Crippen LogP contribution in [0.5, 0.6) is 5.75 Å². The van der Waals surface area contributed by atoms with E-state index in [-0.39, 0.29) is 40.3 Å². The van der Waals surface area contributed by atoms with Crippen molar-refractivity contribution in [3.8, 4) is 5.75 Å². The fourth-order valence-corrected chi connectivity index (χ4v) is 2.89. The molecule has 20 heavy (non-hydrogen) atoms. The molecule has 0 spiro atoms. The summed E-state index contributed by atoms with van der Waals surface area (Å²) in [6, 6.07) is 4.58. The van der Waals surface area contributed by atoms with Gasteiger partial charge >= 0.3 is 0 Å². The Kier molecular flexibility index (Phi) is 3.08. The molecule has 1 aliphatic heterocycles. The minimum absolute atomic E-state index is 0.0112. The van der Waals surface area contributed by atoms with Gasteiger partial charge in [0.15, 0.2) is 11.5 Å². The summed E-state index contributed by atoms with van der Waals surface area (Å²) in [7, 11) is 0. The lowest BCUT2D eigenvalue weighted by molar-refractivity contribution is 0.0587. The van der Waals surface area contributed by atoms with Crippen LogP contribution in [0, 0.1) is 0 Å². The average Bonchev–Trinajstić information content (AvgIpc) is 2.45. The van der Waals surface area contributed by atoms with E-state index in [2.05, 4.69) is 6.92 Å². The predicted molar refractivity (Wildman–Crippen MR) is 72.8 cm³/mol. The van der Waals surface area contributed by atoms with E-state index < -0.39 is 0 Å². The Balaban J connectivity index is 2.05. The van der Waals surface area contributed by atoms with Crippen molar-refractivity contribution in [1.82, 2.24) is 0 Å². The van der Waals surface area contributed by atoms with Gasteiger partial charge in [0.05, 0.1) is 11.7 Å². The molecule has 0 fully saturated rings. The van der Waals surface area contributed by atoms with Crippen molar-refractivity contribution in [2.75, 3.05) is 0 Å². The number of benzene rings is 1. The van der Waals surface area contributed by atoms with E-state index >= 15 is 0 Å². The number of carbonyl (C=O) groups excluding carboxylic acids is 2. The number of rotatable bonds is 2. The maximum absolute atomic E-state index is 12.5. The van der Waals surface area contributed by atoms with Crippen LogP contribution < -0.4 is 0 Å². The molecule has 0 amide bonds. The number of hydrogen-bond acceptors (Lipinski definition) is 4. The number of allylic oxidation sites excluding steroid dienone is 2. The quantitative estimate of drug-likeness (QED) is 0.898. The molecule has 0 aromatic heterocycles. The third-order valence-electron chi connectivity index (χ3n) is 3.88. The molecular weight excluding hydrogens is 256 g/mol. The summed E-state index contributed by atoms with van der Waals surface area (Å²) < 4.78 is 5.72. The van der Waals surface area contributed by atoms with Gasteiger partial charge in [-0.3, -0.25) is 9.59 Å². The third kappa shape index (κ3) is 1.83. The van der Waals surface area contributed by atoms with Gasteiger partial charge in [0.2, 0.25) is 5.78 Å². The number of carbonyl (C=O) groups is 2. The van der Waals surface area contributed by atoms with E-state index in [1.165, 1.54) is 6.07 Å². The van der Waals surface area contributed by atoms with Crippen LogP contribution in [-0.2, 0) is 4.74 Å². The minimum Gasteiger partial charge on any atom is -0.507 e. The first-order valence-electron chi connectivity index (χ1n) is 6.94. The molecule has 104 valence electrons. The molecule has 0 radical (unpaired) electrons. The Morgan fingerprint density at radius 2 is 2.10 bits per heavy atom. The van der Waals surface area contributed by atoms with Gasteiger partial charge in [0.25, 0.3) is 0 Å². The molecular formula is C16H16O4. The maximum Gasteiger partial charge on any atom is 0.232 e. The zero-order valence-corrected chi connectivity index (χ0v) is 11.3. The molecule has 1 aromatic carbocycles. The van der Waals surface area contributed by atoms with Crippen molar-refractivity contribution in [3.63, 3.8) is 0 Å². The highest BCUT2D eigenvalue weighted by Gasteiger charge is 2.38. The van der Waals surface area contributed by atoms with Crippen LogP contribution in [-0.4, -0.2) is 22.8 Å². The summed E-state index contributed by atoms with van der Waals surface area (Å²) in [6.45, 7) is 2.06. The first kappa shape index (κ1) is 12.9. The van der Waals surface area contributed by atoms with Crippen molar-refractivity contribution < 1.29 is 19.4 Å². The van der Waals surface area contributed by atoms with Gasteiger partial charge in [0.1, 0.15) is 5.75 Å². The van der Waals surface area contributed by atoms with E-state index in [1.807, 2.05) is 0 Å². The standard InChI is InChI=1S/C16H16O4/c1-2-4-9-7-8-11-14(18)10-5-3-6-12(17)13(10)15(19)16(11)20-9/h3,5-6,9,17H,2,4,7-8H2,1H3. The summed E-state index contributed by atoms with van der Waals surface area (Å²) >= 11 is 0. The SMILES string of the molecule is CCCC1CCC2=C(O1)C(=O)c1c(O)cccc1C2=O. The lowest BCUT2D eigenvalue weighted by atomic mass is 9.83. The molecule has 2 aliphatic rings. The Hall–Kier alpha value is -2.10. The Morgan fingerprint density at radius 3 is 2.85 bits per heavy atom. The van der Waals surface area contributed by atoms with E-state index in [4.69, 9.17) is 4.74 Å². The first-order valence-corrected chi connectivity index (χ1v) is 6.94. The van der Waals surface area contributed by atoms with Crippen LogP contribution in [0.15, 0.2) is 29.5 Å². The molecule has 1 aromatic rings. The normalized spacial score (nSPS) is 21.4. The molecule has 4 nitrogen and oxygen atoms in total. The first-order chi connectivity index (χ1) is 9.63. The van der Waals surface area contributed by atoms with Gasteiger partial charge in [-0.1, -0.05) is 25.5 Å². The largest absolute Gasteiger partial charge is 0.507 e. The second kappa shape index (κ2) is 4.78. The van der Waals surface area contributed by atoms with E-state index in [0.29, 0.717) is 12.0 Å². The number of phenolic OH excluding ortho intramolecular Hbond substituents is 1. The average molecular weight is 272 g/mol. The monoisotopic (exact) mass is 272 g/mol. The van der Waals surface area contributed by atoms with Gasteiger partial charge in [-0.2, -0.15) is 0 Å². The van der Waals surface area contributed by atoms with E-state index in [9.17, 15) is 14.7 Å². The summed E-state index contributed by atoms with van der Waals surface area (Å²) in [5.74, 6) is -0.573. The lowest BCUT2D eigenvalue weighted by Gasteiger charge is -2.30. The maximum atomic E-state index is 12.5.